The molecule has 1 heterocycles. The van der Waals surface area contributed by atoms with E-state index in [0.717, 1.165) is 9.25 Å². The number of nitrogens with zero attached hydrogens (tertiary/aromatic N) is 4. The van der Waals surface area contributed by atoms with Crippen LogP contribution in [0.15, 0.2) is 46.0 Å². The molecule has 0 N–H and O–H groups in total. The average molecular weight is 254 g/mol. The minimum absolute atomic E-state index is 0.332. The van der Waals surface area contributed by atoms with Crippen LogP contribution in [0.1, 0.15) is 12.6 Å². The van der Waals surface area contributed by atoms with Crippen LogP contribution in [-0.2, 0) is 0 Å². The second kappa shape index (κ2) is 5.14. The van der Waals surface area contributed by atoms with Gasteiger partial charge in [0.15, 0.2) is 0 Å². The quantitative estimate of drug-likeness (QED) is 0.792. The molecule has 0 atom stereocenters. The van der Waals surface area contributed by atoms with E-state index in [2.05, 4.69) is 5.10 Å². The van der Waals surface area contributed by atoms with Gasteiger partial charge in [-0.15, -0.1) is 5.10 Å². The summed E-state index contributed by atoms with van der Waals surface area (Å²) in [6.07, 6.45) is 2.85. The summed E-state index contributed by atoms with van der Waals surface area (Å²) in [7, 11) is 0. The third-order valence-corrected chi connectivity index (χ3v) is 2.41. The molecule has 0 aliphatic carbocycles. The zero-order valence-electron chi connectivity index (χ0n) is 10.1. The second-order valence-corrected chi connectivity index (χ2v) is 3.65. The Kier molecular flexibility index (Phi) is 3.39. The van der Waals surface area contributed by atoms with Gasteiger partial charge in [-0.1, -0.05) is 24.3 Å². The largest absolute Gasteiger partial charge is 0.356 e. The molecule has 0 aliphatic rings. The van der Waals surface area contributed by atoms with E-state index in [0.29, 0.717) is 5.69 Å². The number of nitriles is 1. The molecule has 0 aliphatic heterocycles. The molecular formula is C13H10N4O2. The summed E-state index contributed by atoms with van der Waals surface area (Å²) in [5.74, 6) is 0. The maximum atomic E-state index is 12.2. The number of benzene rings is 1. The molecule has 1 aromatic carbocycles. The zero-order valence-corrected chi connectivity index (χ0v) is 10.1. The Morgan fingerprint density at radius 1 is 1.26 bits per heavy atom. The molecule has 0 radical (unpaired) electrons. The van der Waals surface area contributed by atoms with Gasteiger partial charge in [0, 0.05) is 6.20 Å². The lowest BCUT2D eigenvalue weighted by atomic mass is 10.3. The third kappa shape index (κ3) is 2.21. The standard InChI is InChI=1S/C13H10N4O2/c1-2-8-16-12(18)11(9-14)15-17(13(16)19)10-6-4-3-5-7-10/h2-8H,1H3/b8-2-. The number of hydrogen-bond acceptors (Lipinski definition) is 4. The van der Waals surface area contributed by atoms with E-state index in [1.807, 2.05) is 0 Å². The summed E-state index contributed by atoms with van der Waals surface area (Å²) in [5, 5.41) is 12.7. The summed E-state index contributed by atoms with van der Waals surface area (Å²) in [6.45, 7) is 1.67. The van der Waals surface area contributed by atoms with Crippen LogP contribution in [-0.4, -0.2) is 14.3 Å². The van der Waals surface area contributed by atoms with Gasteiger partial charge in [0.05, 0.1) is 5.69 Å². The molecule has 2 aromatic rings. The SMILES string of the molecule is C/C=C\n1c(=O)c(C#N)nn(-c2ccccc2)c1=O. The van der Waals surface area contributed by atoms with Gasteiger partial charge in [-0.2, -0.15) is 9.94 Å². The highest BCUT2D eigenvalue weighted by atomic mass is 16.2. The maximum Gasteiger partial charge on any atom is 0.356 e. The van der Waals surface area contributed by atoms with Crippen molar-refractivity contribution in [2.75, 3.05) is 0 Å². The average Bonchev–Trinajstić information content (AvgIpc) is 2.45. The van der Waals surface area contributed by atoms with Crippen LogP contribution in [0.4, 0.5) is 0 Å². The fourth-order valence-electron chi connectivity index (χ4n) is 1.58. The molecule has 0 spiro atoms. The van der Waals surface area contributed by atoms with Crippen molar-refractivity contribution in [3.63, 3.8) is 0 Å². The molecule has 2 rings (SSSR count). The first-order valence-corrected chi connectivity index (χ1v) is 5.53. The van der Waals surface area contributed by atoms with Crippen LogP contribution in [0, 0.1) is 11.3 Å². The Bertz CT molecular complexity index is 779. The predicted octanol–water partition coefficient (Wildman–Crippen LogP) is 0.756. The molecular weight excluding hydrogens is 244 g/mol. The highest BCUT2D eigenvalue weighted by molar-refractivity contribution is 5.32. The lowest BCUT2D eigenvalue weighted by Gasteiger charge is -2.06. The van der Waals surface area contributed by atoms with Crippen molar-refractivity contribution >= 4 is 6.20 Å². The Morgan fingerprint density at radius 3 is 2.53 bits per heavy atom. The lowest BCUT2D eigenvalue weighted by molar-refractivity contribution is 0.705. The third-order valence-electron chi connectivity index (χ3n) is 2.41. The van der Waals surface area contributed by atoms with Gasteiger partial charge in [-0.05, 0) is 19.1 Å². The Hall–Kier alpha value is -2.94. The number of aromatic nitrogens is 3. The normalized spacial score (nSPS) is 10.5. The molecule has 1 aromatic heterocycles. The van der Waals surface area contributed by atoms with Crippen molar-refractivity contribution < 1.29 is 0 Å². The van der Waals surface area contributed by atoms with Gasteiger partial charge in [0.25, 0.3) is 5.56 Å². The van der Waals surface area contributed by atoms with E-state index in [9.17, 15) is 9.59 Å². The molecule has 19 heavy (non-hydrogen) atoms. The van der Waals surface area contributed by atoms with Crippen molar-refractivity contribution in [2.24, 2.45) is 0 Å². The van der Waals surface area contributed by atoms with Crippen LogP contribution in [0.2, 0.25) is 0 Å². The topological polar surface area (TPSA) is 80.7 Å². The summed E-state index contributed by atoms with van der Waals surface area (Å²) < 4.78 is 1.89. The summed E-state index contributed by atoms with van der Waals surface area (Å²) in [6, 6.07) is 10.3. The summed E-state index contributed by atoms with van der Waals surface area (Å²) in [4.78, 5) is 24.0. The Labute approximate surface area is 108 Å². The first-order valence-electron chi connectivity index (χ1n) is 5.53. The predicted molar refractivity (Wildman–Crippen MR) is 69.8 cm³/mol. The van der Waals surface area contributed by atoms with Crippen LogP contribution >= 0.6 is 0 Å². The van der Waals surface area contributed by atoms with E-state index in [-0.39, 0.29) is 5.69 Å². The number of allylic oxidation sites excluding steroid dienone is 1. The van der Waals surface area contributed by atoms with Gasteiger partial charge >= 0.3 is 5.69 Å². The smallest absolute Gasteiger partial charge is 0.265 e. The minimum Gasteiger partial charge on any atom is -0.265 e. The molecule has 94 valence electrons. The van der Waals surface area contributed by atoms with Crippen LogP contribution in [0.3, 0.4) is 0 Å². The fraction of sp³-hybridized carbons (Fsp3) is 0.0769. The molecule has 0 amide bonds. The van der Waals surface area contributed by atoms with Crippen molar-refractivity contribution in [3.8, 4) is 11.8 Å². The van der Waals surface area contributed by atoms with E-state index in [4.69, 9.17) is 5.26 Å². The van der Waals surface area contributed by atoms with E-state index in [1.165, 1.54) is 6.20 Å². The Morgan fingerprint density at radius 2 is 1.95 bits per heavy atom. The maximum absolute atomic E-state index is 12.2. The van der Waals surface area contributed by atoms with E-state index in [1.54, 1.807) is 49.4 Å². The summed E-state index contributed by atoms with van der Waals surface area (Å²) in [5.41, 5.74) is -1.19. The van der Waals surface area contributed by atoms with Crippen molar-refractivity contribution in [2.45, 2.75) is 6.92 Å². The van der Waals surface area contributed by atoms with Gasteiger partial charge < -0.3 is 0 Å². The van der Waals surface area contributed by atoms with E-state index >= 15 is 0 Å². The van der Waals surface area contributed by atoms with Gasteiger partial charge in [0.2, 0.25) is 5.69 Å². The van der Waals surface area contributed by atoms with Crippen molar-refractivity contribution in [3.05, 3.63) is 62.9 Å². The monoisotopic (exact) mass is 254 g/mol. The highest BCUT2D eigenvalue weighted by Crippen LogP contribution is 2.01. The molecule has 0 saturated heterocycles. The van der Waals surface area contributed by atoms with Crippen LogP contribution in [0.25, 0.3) is 11.9 Å². The molecule has 6 heteroatoms. The van der Waals surface area contributed by atoms with Crippen LogP contribution < -0.4 is 11.2 Å². The molecule has 0 unspecified atom stereocenters. The first kappa shape index (κ1) is 12.5. The van der Waals surface area contributed by atoms with Gasteiger partial charge in [0.1, 0.15) is 6.07 Å². The van der Waals surface area contributed by atoms with E-state index < -0.39 is 11.2 Å². The van der Waals surface area contributed by atoms with Gasteiger partial charge in [-0.3, -0.25) is 4.79 Å². The minimum atomic E-state index is -0.724. The zero-order chi connectivity index (χ0) is 13.8. The summed E-state index contributed by atoms with van der Waals surface area (Å²) >= 11 is 0. The second-order valence-electron chi connectivity index (χ2n) is 3.65. The molecule has 0 fully saturated rings. The fourth-order valence-corrected chi connectivity index (χ4v) is 1.58. The Balaban J connectivity index is 2.85. The van der Waals surface area contributed by atoms with Gasteiger partial charge in [-0.25, -0.2) is 9.36 Å². The molecule has 6 nitrogen and oxygen atoms in total. The van der Waals surface area contributed by atoms with Crippen LogP contribution in [0.5, 0.6) is 0 Å². The molecule has 0 bridgehead atoms. The number of para-hydroxylation sites is 1. The number of rotatable bonds is 2. The van der Waals surface area contributed by atoms with Crippen molar-refractivity contribution in [1.29, 1.82) is 5.26 Å². The number of hydrogen-bond donors (Lipinski definition) is 0. The lowest BCUT2D eigenvalue weighted by Crippen LogP contribution is -2.39. The molecule has 0 saturated carbocycles. The first-order chi connectivity index (χ1) is 9.19. The van der Waals surface area contributed by atoms with Crippen molar-refractivity contribution in [1.82, 2.24) is 14.3 Å². The highest BCUT2D eigenvalue weighted by Gasteiger charge is 2.12.